The van der Waals surface area contributed by atoms with Crippen LogP contribution in [0.2, 0.25) is 5.02 Å². The van der Waals surface area contributed by atoms with Gasteiger partial charge in [0.25, 0.3) is 0 Å². The Kier molecular flexibility index (Phi) is 5.09. The quantitative estimate of drug-likeness (QED) is 0.890. The van der Waals surface area contributed by atoms with Crippen LogP contribution >= 0.6 is 11.6 Å². The average Bonchev–Trinajstić information content (AvgIpc) is 3.06. The highest BCUT2D eigenvalue weighted by Gasteiger charge is 2.20. The number of hydrogen-bond acceptors (Lipinski definition) is 4. The zero-order valence-electron chi connectivity index (χ0n) is 13.6. The average molecular weight is 361 g/mol. The Labute approximate surface area is 150 Å². The lowest BCUT2D eigenvalue weighted by molar-refractivity contribution is -0.123. The first-order chi connectivity index (χ1) is 12.0. The fourth-order valence-electron chi connectivity index (χ4n) is 2.44. The molecule has 1 N–H and O–H groups in total. The molecule has 0 radical (unpaired) electrons. The maximum absolute atomic E-state index is 12.2. The van der Waals surface area contributed by atoms with Crippen molar-refractivity contribution in [3.05, 3.63) is 53.1 Å². The predicted octanol–water partition coefficient (Wildman–Crippen LogP) is 2.74. The Balaban J connectivity index is 1.64. The second-order valence-corrected chi connectivity index (χ2v) is 5.98. The molecule has 1 aliphatic rings. The molecular formula is C18H17ClN2O4. The molecule has 2 amide bonds. The first-order valence-electron chi connectivity index (χ1n) is 7.72. The molecule has 25 heavy (non-hydrogen) atoms. The highest BCUT2D eigenvalue weighted by Crippen LogP contribution is 2.35. The number of nitrogens with one attached hydrogen (secondary N) is 1. The van der Waals surface area contributed by atoms with Gasteiger partial charge in [-0.2, -0.15) is 0 Å². The van der Waals surface area contributed by atoms with Crippen molar-refractivity contribution in [2.45, 2.75) is 13.5 Å². The van der Waals surface area contributed by atoms with Crippen LogP contribution < -0.4 is 19.7 Å². The maximum atomic E-state index is 12.2. The standard InChI is InChI=1S/C18H17ClN2O4/c1-12(22)21(15-6-7-16-17(8-15)25-11-24-16)10-18(23)20-9-13-2-4-14(19)5-3-13/h2-8H,9-11H2,1H3,(H,20,23). The summed E-state index contributed by atoms with van der Waals surface area (Å²) in [6, 6.07) is 12.3. The number of nitrogens with zero attached hydrogens (tertiary/aromatic N) is 1. The molecule has 130 valence electrons. The molecule has 1 heterocycles. The van der Waals surface area contributed by atoms with Gasteiger partial charge < -0.3 is 19.7 Å². The molecule has 0 saturated carbocycles. The van der Waals surface area contributed by atoms with E-state index in [0.29, 0.717) is 28.8 Å². The molecule has 7 heteroatoms. The number of fused-ring (bicyclic) bond motifs is 1. The maximum Gasteiger partial charge on any atom is 0.240 e. The number of carbonyl (C=O) groups excluding carboxylic acids is 2. The molecule has 0 atom stereocenters. The summed E-state index contributed by atoms with van der Waals surface area (Å²) in [5.74, 6) is 0.688. The predicted molar refractivity (Wildman–Crippen MR) is 93.9 cm³/mol. The van der Waals surface area contributed by atoms with Gasteiger partial charge in [0.2, 0.25) is 18.6 Å². The first-order valence-corrected chi connectivity index (χ1v) is 8.09. The van der Waals surface area contributed by atoms with E-state index in [0.717, 1.165) is 5.56 Å². The Morgan fingerprint density at radius 1 is 1.12 bits per heavy atom. The number of ether oxygens (including phenoxy) is 2. The Hall–Kier alpha value is -2.73. The molecule has 0 fully saturated rings. The second kappa shape index (κ2) is 7.44. The summed E-state index contributed by atoms with van der Waals surface area (Å²) in [5, 5.41) is 3.43. The van der Waals surface area contributed by atoms with Gasteiger partial charge in [-0.1, -0.05) is 23.7 Å². The van der Waals surface area contributed by atoms with E-state index in [-0.39, 0.29) is 25.2 Å². The number of rotatable bonds is 5. The second-order valence-electron chi connectivity index (χ2n) is 5.55. The third kappa shape index (κ3) is 4.22. The Morgan fingerprint density at radius 2 is 1.84 bits per heavy atom. The van der Waals surface area contributed by atoms with Gasteiger partial charge in [0.15, 0.2) is 11.5 Å². The third-order valence-electron chi connectivity index (χ3n) is 3.75. The Bertz CT molecular complexity index is 792. The highest BCUT2D eigenvalue weighted by molar-refractivity contribution is 6.30. The van der Waals surface area contributed by atoms with E-state index >= 15 is 0 Å². The lowest BCUT2D eigenvalue weighted by atomic mass is 10.2. The zero-order valence-corrected chi connectivity index (χ0v) is 14.4. The van der Waals surface area contributed by atoms with Gasteiger partial charge in [0.05, 0.1) is 0 Å². The van der Waals surface area contributed by atoms with Gasteiger partial charge in [0, 0.05) is 30.2 Å². The van der Waals surface area contributed by atoms with E-state index in [1.807, 2.05) is 12.1 Å². The largest absolute Gasteiger partial charge is 0.454 e. The molecule has 0 aromatic heterocycles. The molecule has 2 aromatic carbocycles. The normalized spacial score (nSPS) is 11.9. The smallest absolute Gasteiger partial charge is 0.240 e. The summed E-state index contributed by atoms with van der Waals surface area (Å²) in [7, 11) is 0. The molecule has 0 aliphatic carbocycles. The van der Waals surface area contributed by atoms with E-state index in [4.69, 9.17) is 21.1 Å². The monoisotopic (exact) mass is 360 g/mol. The number of carbonyl (C=O) groups is 2. The molecule has 1 aliphatic heterocycles. The van der Waals surface area contributed by atoms with Crippen molar-refractivity contribution in [2.75, 3.05) is 18.2 Å². The molecule has 3 rings (SSSR count). The van der Waals surface area contributed by atoms with Crippen molar-refractivity contribution >= 4 is 29.1 Å². The van der Waals surface area contributed by atoms with Gasteiger partial charge in [0.1, 0.15) is 6.54 Å². The number of anilines is 1. The van der Waals surface area contributed by atoms with Crippen molar-refractivity contribution in [1.29, 1.82) is 0 Å². The van der Waals surface area contributed by atoms with Crippen LogP contribution in [0.15, 0.2) is 42.5 Å². The number of hydrogen-bond donors (Lipinski definition) is 1. The molecule has 6 nitrogen and oxygen atoms in total. The minimum absolute atomic E-state index is 0.0808. The summed E-state index contributed by atoms with van der Waals surface area (Å²) in [4.78, 5) is 25.6. The summed E-state index contributed by atoms with van der Waals surface area (Å²) in [6.45, 7) is 1.85. The van der Waals surface area contributed by atoms with Crippen molar-refractivity contribution in [2.24, 2.45) is 0 Å². The van der Waals surface area contributed by atoms with Crippen LogP contribution in [-0.4, -0.2) is 25.2 Å². The molecule has 0 saturated heterocycles. The van der Waals surface area contributed by atoms with Crippen LogP contribution in [0.1, 0.15) is 12.5 Å². The van der Waals surface area contributed by atoms with Crippen LogP contribution in [0.4, 0.5) is 5.69 Å². The van der Waals surface area contributed by atoms with Crippen molar-refractivity contribution in [3.8, 4) is 11.5 Å². The van der Waals surface area contributed by atoms with Crippen LogP contribution in [0.3, 0.4) is 0 Å². The van der Waals surface area contributed by atoms with Crippen LogP contribution in [0.25, 0.3) is 0 Å². The summed E-state index contributed by atoms with van der Waals surface area (Å²) in [6.07, 6.45) is 0. The summed E-state index contributed by atoms with van der Waals surface area (Å²) in [5.41, 5.74) is 1.51. The highest BCUT2D eigenvalue weighted by atomic mass is 35.5. The minimum atomic E-state index is -0.261. The molecule has 0 bridgehead atoms. The number of halogens is 1. The summed E-state index contributed by atoms with van der Waals surface area (Å²) < 4.78 is 10.6. The summed E-state index contributed by atoms with van der Waals surface area (Å²) >= 11 is 5.84. The zero-order chi connectivity index (χ0) is 17.8. The van der Waals surface area contributed by atoms with Gasteiger partial charge in [-0.25, -0.2) is 0 Å². The number of benzene rings is 2. The van der Waals surface area contributed by atoms with Gasteiger partial charge in [-0.15, -0.1) is 0 Å². The van der Waals surface area contributed by atoms with E-state index in [1.54, 1.807) is 30.3 Å². The van der Waals surface area contributed by atoms with Gasteiger partial charge >= 0.3 is 0 Å². The van der Waals surface area contributed by atoms with Crippen LogP contribution in [0, 0.1) is 0 Å². The topological polar surface area (TPSA) is 67.9 Å². The number of amides is 2. The third-order valence-corrected chi connectivity index (χ3v) is 4.00. The minimum Gasteiger partial charge on any atom is -0.454 e. The van der Waals surface area contributed by atoms with Crippen molar-refractivity contribution in [3.63, 3.8) is 0 Å². The van der Waals surface area contributed by atoms with E-state index in [1.165, 1.54) is 11.8 Å². The van der Waals surface area contributed by atoms with Gasteiger partial charge in [-0.05, 0) is 29.8 Å². The Morgan fingerprint density at radius 3 is 2.56 bits per heavy atom. The van der Waals surface area contributed by atoms with E-state index in [9.17, 15) is 9.59 Å². The molecule has 2 aromatic rings. The van der Waals surface area contributed by atoms with E-state index in [2.05, 4.69) is 5.32 Å². The lowest BCUT2D eigenvalue weighted by Gasteiger charge is -2.21. The SMILES string of the molecule is CC(=O)N(CC(=O)NCc1ccc(Cl)cc1)c1ccc2c(c1)OCO2. The fraction of sp³-hybridized carbons (Fsp3) is 0.222. The van der Waals surface area contributed by atoms with Crippen molar-refractivity contribution < 1.29 is 19.1 Å². The van der Waals surface area contributed by atoms with Gasteiger partial charge in [-0.3, -0.25) is 9.59 Å². The van der Waals surface area contributed by atoms with Crippen molar-refractivity contribution in [1.82, 2.24) is 5.32 Å². The van der Waals surface area contributed by atoms with Crippen LogP contribution in [-0.2, 0) is 16.1 Å². The lowest BCUT2D eigenvalue weighted by Crippen LogP contribution is -2.39. The molecule has 0 unspecified atom stereocenters. The molecular weight excluding hydrogens is 344 g/mol. The van der Waals surface area contributed by atoms with Crippen LogP contribution in [0.5, 0.6) is 11.5 Å². The fourth-order valence-corrected chi connectivity index (χ4v) is 2.57. The molecule has 0 spiro atoms. The van der Waals surface area contributed by atoms with E-state index < -0.39 is 0 Å². The first kappa shape index (κ1) is 17.1.